The number of carbonyl (C=O) groups is 1. The molecule has 3 aromatic carbocycles. The Morgan fingerprint density at radius 3 is 2.32 bits per heavy atom. The summed E-state index contributed by atoms with van der Waals surface area (Å²) >= 11 is 1.45. The Morgan fingerprint density at radius 2 is 1.62 bits per heavy atom. The number of amides is 1. The fourth-order valence-corrected chi connectivity index (χ4v) is 5.64. The van der Waals surface area contributed by atoms with Crippen molar-refractivity contribution in [1.82, 2.24) is 9.88 Å². The summed E-state index contributed by atoms with van der Waals surface area (Å²) in [5.41, 5.74) is 3.52. The summed E-state index contributed by atoms with van der Waals surface area (Å²) in [6.45, 7) is 4.81. The van der Waals surface area contributed by atoms with Gasteiger partial charge in [0, 0.05) is 31.7 Å². The van der Waals surface area contributed by atoms with Crippen LogP contribution in [0, 0.1) is 0 Å². The van der Waals surface area contributed by atoms with Gasteiger partial charge in [0.05, 0.1) is 27.4 Å². The van der Waals surface area contributed by atoms with Crippen molar-refractivity contribution in [2.24, 2.45) is 0 Å². The molecule has 0 atom stereocenters. The van der Waals surface area contributed by atoms with E-state index in [4.69, 9.17) is 19.2 Å². The number of rotatable bonds is 9. The predicted molar refractivity (Wildman–Crippen MR) is 148 cm³/mol. The van der Waals surface area contributed by atoms with Gasteiger partial charge < -0.3 is 14.2 Å². The topological polar surface area (TPSA) is 64.1 Å². The predicted octanol–water partition coefficient (Wildman–Crippen LogP) is 5.35. The van der Waals surface area contributed by atoms with Crippen LogP contribution >= 0.6 is 11.3 Å². The molecule has 8 heteroatoms. The molecule has 0 unspecified atom stereocenters. The molecule has 0 N–H and O–H groups in total. The van der Waals surface area contributed by atoms with Crippen LogP contribution in [0.3, 0.4) is 0 Å². The van der Waals surface area contributed by atoms with Crippen molar-refractivity contribution in [3.05, 3.63) is 72.3 Å². The zero-order chi connectivity index (χ0) is 25.6. The number of methoxy groups -OCH3 is 2. The molecule has 1 aromatic heterocycles. The Morgan fingerprint density at radius 1 is 0.946 bits per heavy atom. The lowest BCUT2D eigenvalue weighted by Crippen LogP contribution is -2.39. The molecule has 1 amide bonds. The summed E-state index contributed by atoms with van der Waals surface area (Å²) in [5, 5.41) is 0.636. The Bertz CT molecular complexity index is 1290. The molecule has 0 bridgehead atoms. The van der Waals surface area contributed by atoms with Gasteiger partial charge in [0.15, 0.2) is 5.13 Å². The van der Waals surface area contributed by atoms with Gasteiger partial charge in [-0.2, -0.15) is 0 Å². The highest BCUT2D eigenvalue weighted by Crippen LogP contribution is 2.40. The Hall–Kier alpha value is -3.46. The third-order valence-corrected chi connectivity index (χ3v) is 7.67. The molecule has 0 aliphatic carbocycles. The molecule has 37 heavy (non-hydrogen) atoms. The number of hydrogen-bond donors (Lipinski definition) is 0. The summed E-state index contributed by atoms with van der Waals surface area (Å²) in [7, 11) is 3.26. The third-order valence-electron chi connectivity index (χ3n) is 6.57. The van der Waals surface area contributed by atoms with Crippen molar-refractivity contribution in [2.75, 3.05) is 58.5 Å². The first-order chi connectivity index (χ1) is 18.2. The van der Waals surface area contributed by atoms with Crippen LogP contribution in [0.25, 0.3) is 21.3 Å². The van der Waals surface area contributed by atoms with E-state index in [1.54, 1.807) is 19.1 Å². The number of anilines is 1. The van der Waals surface area contributed by atoms with Crippen molar-refractivity contribution in [3.8, 4) is 22.6 Å². The number of aromatic nitrogens is 1. The van der Waals surface area contributed by atoms with Crippen molar-refractivity contribution >= 4 is 32.6 Å². The van der Waals surface area contributed by atoms with E-state index >= 15 is 0 Å². The molecular weight excluding hydrogens is 486 g/mol. The number of nitrogens with zero attached hydrogens (tertiary/aromatic N) is 3. The van der Waals surface area contributed by atoms with Crippen LogP contribution in [-0.4, -0.2) is 69.4 Å². The van der Waals surface area contributed by atoms with Crippen LogP contribution in [0.15, 0.2) is 66.7 Å². The summed E-state index contributed by atoms with van der Waals surface area (Å²) in [6.07, 6.45) is 0.831. The van der Waals surface area contributed by atoms with Gasteiger partial charge in [0.25, 0.3) is 5.91 Å². The maximum absolute atomic E-state index is 13.9. The maximum atomic E-state index is 13.9. The first-order valence-corrected chi connectivity index (χ1v) is 13.3. The van der Waals surface area contributed by atoms with Gasteiger partial charge in [0.1, 0.15) is 21.7 Å². The molecule has 0 spiro atoms. The minimum Gasteiger partial charge on any atom is -0.495 e. The van der Waals surface area contributed by atoms with Gasteiger partial charge in [0.2, 0.25) is 0 Å². The van der Waals surface area contributed by atoms with Crippen molar-refractivity contribution < 1.29 is 19.0 Å². The van der Waals surface area contributed by atoms with E-state index in [0.29, 0.717) is 34.3 Å². The van der Waals surface area contributed by atoms with E-state index in [0.717, 1.165) is 55.1 Å². The molecule has 5 rings (SSSR count). The highest BCUT2D eigenvalue weighted by molar-refractivity contribution is 7.22. The standard InChI is InChI=1S/C29H31N3O4S/c1-34-24-13-14-25(35-2)27-26(24)30-29(37-27)32(16-6-15-31-17-19-36-20-18-31)28(33)23-11-9-22(10-12-23)21-7-4-3-5-8-21/h3-5,7-14H,6,15-20H2,1-2H3. The van der Waals surface area contributed by atoms with Gasteiger partial charge in [-0.15, -0.1) is 0 Å². The number of benzene rings is 3. The lowest BCUT2D eigenvalue weighted by Gasteiger charge is -2.27. The fourth-order valence-electron chi connectivity index (χ4n) is 4.54. The van der Waals surface area contributed by atoms with Gasteiger partial charge in [-0.25, -0.2) is 4.98 Å². The minimum absolute atomic E-state index is 0.0708. The van der Waals surface area contributed by atoms with Crippen LogP contribution in [0.2, 0.25) is 0 Å². The van der Waals surface area contributed by atoms with Crippen LogP contribution in [0.1, 0.15) is 16.8 Å². The Labute approximate surface area is 221 Å². The highest BCUT2D eigenvalue weighted by atomic mass is 32.1. The second kappa shape index (κ2) is 11.7. The zero-order valence-electron chi connectivity index (χ0n) is 21.2. The summed E-state index contributed by atoms with van der Waals surface area (Å²) in [4.78, 5) is 22.9. The van der Waals surface area contributed by atoms with E-state index in [9.17, 15) is 4.79 Å². The first-order valence-electron chi connectivity index (χ1n) is 12.5. The van der Waals surface area contributed by atoms with Gasteiger partial charge in [-0.1, -0.05) is 53.8 Å². The van der Waals surface area contributed by atoms with Gasteiger partial charge in [-0.05, 0) is 41.8 Å². The Balaban J connectivity index is 1.44. The van der Waals surface area contributed by atoms with Gasteiger partial charge >= 0.3 is 0 Å². The molecule has 2 heterocycles. The fraction of sp³-hybridized carbons (Fsp3) is 0.310. The second-order valence-corrected chi connectivity index (χ2v) is 9.83. The SMILES string of the molecule is COc1ccc(OC)c2sc(N(CCCN3CCOCC3)C(=O)c3ccc(-c4ccccc4)cc3)nc12. The Kier molecular flexibility index (Phi) is 7.99. The van der Waals surface area contributed by atoms with Gasteiger partial charge in [-0.3, -0.25) is 14.6 Å². The zero-order valence-corrected chi connectivity index (χ0v) is 22.0. The van der Waals surface area contributed by atoms with E-state index in [-0.39, 0.29) is 5.91 Å². The molecule has 0 saturated carbocycles. The molecule has 4 aromatic rings. The van der Waals surface area contributed by atoms with E-state index < -0.39 is 0 Å². The summed E-state index contributed by atoms with van der Waals surface area (Å²) in [5.74, 6) is 1.30. The number of thiazole rings is 1. The average Bonchev–Trinajstić information content (AvgIpc) is 3.41. The largest absolute Gasteiger partial charge is 0.495 e. The minimum atomic E-state index is -0.0708. The molecule has 1 fully saturated rings. The lowest BCUT2D eigenvalue weighted by molar-refractivity contribution is 0.0376. The highest BCUT2D eigenvalue weighted by Gasteiger charge is 2.24. The van der Waals surface area contributed by atoms with Crippen LogP contribution < -0.4 is 14.4 Å². The average molecular weight is 518 g/mol. The van der Waals surface area contributed by atoms with E-state index in [1.165, 1.54) is 11.3 Å². The number of ether oxygens (including phenoxy) is 3. The summed E-state index contributed by atoms with van der Waals surface area (Å²) in [6, 6.07) is 21.7. The lowest BCUT2D eigenvalue weighted by atomic mass is 10.0. The van der Waals surface area contributed by atoms with Crippen molar-refractivity contribution in [3.63, 3.8) is 0 Å². The van der Waals surface area contributed by atoms with E-state index in [1.807, 2.05) is 54.6 Å². The number of fused-ring (bicyclic) bond motifs is 1. The van der Waals surface area contributed by atoms with Crippen LogP contribution in [-0.2, 0) is 4.74 Å². The first kappa shape index (κ1) is 25.2. The summed E-state index contributed by atoms with van der Waals surface area (Å²) < 4.78 is 17.5. The second-order valence-electron chi connectivity index (χ2n) is 8.85. The number of hydrogen-bond acceptors (Lipinski definition) is 7. The van der Waals surface area contributed by atoms with Crippen LogP contribution in [0.5, 0.6) is 11.5 Å². The molecule has 1 saturated heterocycles. The molecule has 7 nitrogen and oxygen atoms in total. The maximum Gasteiger partial charge on any atom is 0.260 e. The monoisotopic (exact) mass is 517 g/mol. The molecule has 1 aliphatic rings. The van der Waals surface area contributed by atoms with E-state index in [2.05, 4.69) is 17.0 Å². The van der Waals surface area contributed by atoms with Crippen LogP contribution in [0.4, 0.5) is 5.13 Å². The molecule has 1 aliphatic heterocycles. The normalized spacial score (nSPS) is 14.0. The smallest absolute Gasteiger partial charge is 0.260 e. The van der Waals surface area contributed by atoms with Crippen molar-refractivity contribution in [2.45, 2.75) is 6.42 Å². The molecule has 0 radical (unpaired) electrons. The number of carbonyl (C=O) groups excluding carboxylic acids is 1. The number of morpholine rings is 1. The third kappa shape index (κ3) is 5.61. The molecular formula is C29H31N3O4S. The van der Waals surface area contributed by atoms with Crippen molar-refractivity contribution in [1.29, 1.82) is 0 Å². The molecule has 192 valence electrons. The quantitative estimate of drug-likeness (QED) is 0.298.